The Morgan fingerprint density at radius 2 is 2.13 bits per heavy atom. The lowest BCUT2D eigenvalue weighted by Crippen LogP contribution is -1.93. The highest BCUT2D eigenvalue weighted by molar-refractivity contribution is 14.1. The summed E-state index contributed by atoms with van der Waals surface area (Å²) in [5.41, 5.74) is 1.36. The highest BCUT2D eigenvalue weighted by atomic mass is 127. The molecule has 1 unspecified atom stereocenters. The van der Waals surface area contributed by atoms with Crippen molar-refractivity contribution in [3.63, 3.8) is 0 Å². The zero-order valence-electron chi connectivity index (χ0n) is 7.99. The monoisotopic (exact) mass is 392 g/mol. The summed E-state index contributed by atoms with van der Waals surface area (Å²) in [6, 6.07) is 12.9. The Hall–Kier alpha value is 0.130. The summed E-state index contributed by atoms with van der Waals surface area (Å²) >= 11 is 7.91. The fourth-order valence-electron chi connectivity index (χ4n) is 1.42. The minimum Gasteiger partial charge on any atom is -0.149 e. The van der Waals surface area contributed by atoms with Gasteiger partial charge in [0.2, 0.25) is 0 Å². The zero-order chi connectivity index (χ0) is 10.7. The van der Waals surface area contributed by atoms with Crippen molar-refractivity contribution in [3.05, 3.63) is 55.8 Å². The Morgan fingerprint density at radius 1 is 1.27 bits per heavy atom. The molecule has 0 saturated heterocycles. The summed E-state index contributed by atoms with van der Waals surface area (Å²) in [6.07, 6.45) is 1.07. The van der Waals surface area contributed by atoms with Gasteiger partial charge in [-0.3, -0.25) is 0 Å². The van der Waals surface area contributed by atoms with Crippen molar-refractivity contribution in [3.8, 4) is 0 Å². The summed E-state index contributed by atoms with van der Waals surface area (Å²) in [6.45, 7) is 0. The number of halogens is 2. The molecule has 0 radical (unpaired) electrons. The number of benzene rings is 1. The van der Waals surface area contributed by atoms with Crippen molar-refractivity contribution in [2.24, 2.45) is 0 Å². The van der Waals surface area contributed by atoms with Crippen molar-refractivity contribution in [1.82, 2.24) is 0 Å². The maximum Gasteiger partial charge on any atom is 0.0443 e. The Bertz CT molecular complexity index is 425. The van der Waals surface area contributed by atoms with Crippen LogP contribution in [0.1, 0.15) is 15.3 Å². The molecule has 1 aromatic carbocycles. The lowest BCUT2D eigenvalue weighted by Gasteiger charge is -2.09. The van der Waals surface area contributed by atoms with Crippen molar-refractivity contribution >= 4 is 49.9 Å². The van der Waals surface area contributed by atoms with Crippen LogP contribution in [-0.4, -0.2) is 0 Å². The molecule has 0 spiro atoms. The minimum atomic E-state index is 0.422. The molecule has 2 rings (SSSR count). The first-order chi connectivity index (χ1) is 7.25. The van der Waals surface area contributed by atoms with Gasteiger partial charge < -0.3 is 0 Å². The van der Waals surface area contributed by atoms with E-state index in [2.05, 4.69) is 80.3 Å². The molecule has 3 heteroatoms. The molecular formula is C12H10BrIS. The smallest absolute Gasteiger partial charge is 0.0443 e. The first-order valence-corrected chi connectivity index (χ1v) is 7.55. The predicted molar refractivity (Wildman–Crippen MR) is 78.9 cm³/mol. The topological polar surface area (TPSA) is 0 Å². The van der Waals surface area contributed by atoms with E-state index in [1.807, 2.05) is 11.3 Å². The predicted octanol–water partition coefficient (Wildman–Crippen LogP) is 5.03. The molecule has 1 heterocycles. The van der Waals surface area contributed by atoms with E-state index in [9.17, 15) is 0 Å². The second kappa shape index (κ2) is 5.46. The van der Waals surface area contributed by atoms with E-state index in [4.69, 9.17) is 0 Å². The molecular weight excluding hydrogens is 383 g/mol. The maximum absolute atomic E-state index is 3.74. The zero-order valence-corrected chi connectivity index (χ0v) is 12.6. The van der Waals surface area contributed by atoms with Crippen LogP contribution in [0.5, 0.6) is 0 Å². The van der Waals surface area contributed by atoms with Crippen LogP contribution >= 0.6 is 49.9 Å². The molecule has 0 aliphatic carbocycles. The molecule has 0 aliphatic rings. The fourth-order valence-corrected chi connectivity index (χ4v) is 3.59. The summed E-state index contributed by atoms with van der Waals surface area (Å²) in [5.74, 6) is 0. The molecule has 78 valence electrons. The quantitative estimate of drug-likeness (QED) is 0.507. The summed E-state index contributed by atoms with van der Waals surface area (Å²) in [4.78, 5) is 1.85. The van der Waals surface area contributed by atoms with E-state index in [-0.39, 0.29) is 0 Å². The van der Waals surface area contributed by atoms with Crippen LogP contribution in [0.2, 0.25) is 0 Å². The SMILES string of the molecule is BrC(Cc1cccs1)c1cccc(I)c1. The molecule has 1 aromatic heterocycles. The van der Waals surface area contributed by atoms with Gasteiger partial charge in [-0.15, -0.1) is 11.3 Å². The normalized spacial score (nSPS) is 12.7. The van der Waals surface area contributed by atoms with E-state index < -0.39 is 0 Å². The number of rotatable bonds is 3. The molecule has 0 nitrogen and oxygen atoms in total. The van der Waals surface area contributed by atoms with Crippen LogP contribution < -0.4 is 0 Å². The Kier molecular flexibility index (Phi) is 4.22. The first kappa shape index (κ1) is 11.6. The second-order valence-electron chi connectivity index (χ2n) is 3.31. The standard InChI is InChI=1S/C12H10BrIS/c13-12(8-11-5-2-6-15-11)9-3-1-4-10(14)7-9/h1-7,12H,8H2. The number of hydrogen-bond acceptors (Lipinski definition) is 1. The molecule has 0 aliphatic heterocycles. The van der Waals surface area contributed by atoms with E-state index in [1.165, 1.54) is 14.0 Å². The van der Waals surface area contributed by atoms with Gasteiger partial charge >= 0.3 is 0 Å². The highest BCUT2D eigenvalue weighted by Crippen LogP contribution is 2.29. The molecule has 0 bridgehead atoms. The molecule has 0 fully saturated rings. The van der Waals surface area contributed by atoms with Crippen LogP contribution in [0.15, 0.2) is 41.8 Å². The maximum atomic E-state index is 3.74. The number of alkyl halides is 1. The minimum absolute atomic E-state index is 0.422. The van der Waals surface area contributed by atoms with Crippen LogP contribution in [0.4, 0.5) is 0 Å². The van der Waals surface area contributed by atoms with Gasteiger partial charge in [0.1, 0.15) is 0 Å². The molecule has 0 N–H and O–H groups in total. The largest absolute Gasteiger partial charge is 0.149 e. The van der Waals surface area contributed by atoms with E-state index in [0.29, 0.717) is 4.83 Å². The summed E-state index contributed by atoms with van der Waals surface area (Å²) < 4.78 is 1.29. The van der Waals surface area contributed by atoms with Gasteiger partial charge in [-0.25, -0.2) is 0 Å². The van der Waals surface area contributed by atoms with Gasteiger partial charge in [0.25, 0.3) is 0 Å². The highest BCUT2D eigenvalue weighted by Gasteiger charge is 2.09. The third-order valence-corrected chi connectivity index (χ3v) is 4.59. The van der Waals surface area contributed by atoms with Gasteiger partial charge in [-0.05, 0) is 58.2 Å². The van der Waals surface area contributed by atoms with E-state index in [1.54, 1.807) is 0 Å². The third kappa shape index (κ3) is 3.29. The fraction of sp³-hybridized carbons (Fsp3) is 0.167. The number of thiophene rings is 1. The Labute approximate surface area is 116 Å². The van der Waals surface area contributed by atoms with Crippen molar-refractivity contribution in [2.75, 3.05) is 0 Å². The first-order valence-electron chi connectivity index (χ1n) is 4.67. The van der Waals surface area contributed by atoms with Crippen LogP contribution in [0.25, 0.3) is 0 Å². The van der Waals surface area contributed by atoms with E-state index in [0.717, 1.165) is 6.42 Å². The summed E-state index contributed by atoms with van der Waals surface area (Å²) in [7, 11) is 0. The average Bonchev–Trinajstić information content (AvgIpc) is 2.70. The lowest BCUT2D eigenvalue weighted by atomic mass is 10.1. The van der Waals surface area contributed by atoms with Gasteiger partial charge in [0.05, 0.1) is 0 Å². The van der Waals surface area contributed by atoms with Crippen molar-refractivity contribution < 1.29 is 0 Å². The van der Waals surface area contributed by atoms with Gasteiger partial charge in [0.15, 0.2) is 0 Å². The van der Waals surface area contributed by atoms with E-state index >= 15 is 0 Å². The molecule has 2 aromatic rings. The van der Waals surface area contributed by atoms with Crippen LogP contribution in [0, 0.1) is 3.57 Å². The average molecular weight is 393 g/mol. The molecule has 0 saturated carbocycles. The van der Waals surface area contributed by atoms with Gasteiger partial charge in [-0.1, -0.05) is 34.1 Å². The Morgan fingerprint density at radius 3 is 2.80 bits per heavy atom. The van der Waals surface area contributed by atoms with Crippen molar-refractivity contribution in [2.45, 2.75) is 11.2 Å². The number of hydrogen-bond donors (Lipinski definition) is 0. The molecule has 1 atom stereocenters. The van der Waals surface area contributed by atoms with Crippen LogP contribution in [-0.2, 0) is 6.42 Å². The van der Waals surface area contributed by atoms with Gasteiger partial charge in [0, 0.05) is 13.3 Å². The van der Waals surface area contributed by atoms with Crippen LogP contribution in [0.3, 0.4) is 0 Å². The second-order valence-corrected chi connectivity index (χ2v) is 6.69. The van der Waals surface area contributed by atoms with Gasteiger partial charge in [-0.2, -0.15) is 0 Å². The third-order valence-electron chi connectivity index (χ3n) is 2.17. The Balaban J connectivity index is 2.11. The molecule has 0 amide bonds. The molecule has 15 heavy (non-hydrogen) atoms. The van der Waals surface area contributed by atoms with Crippen molar-refractivity contribution in [1.29, 1.82) is 0 Å². The lowest BCUT2D eigenvalue weighted by molar-refractivity contribution is 0.967. The summed E-state index contributed by atoms with van der Waals surface area (Å²) in [5, 5.41) is 2.13.